The van der Waals surface area contributed by atoms with E-state index in [1.54, 1.807) is 11.8 Å². The number of rotatable bonds is 2. The van der Waals surface area contributed by atoms with Crippen molar-refractivity contribution in [3.8, 4) is 0 Å². The van der Waals surface area contributed by atoms with Crippen LogP contribution in [0.4, 0.5) is 0 Å². The van der Waals surface area contributed by atoms with E-state index in [4.69, 9.17) is 4.74 Å². The maximum absolute atomic E-state index is 10.9. The van der Waals surface area contributed by atoms with Crippen molar-refractivity contribution >= 4 is 11.7 Å². The van der Waals surface area contributed by atoms with Crippen molar-refractivity contribution in [3.05, 3.63) is 21.7 Å². The number of methoxy groups -OCH3 is 1. The Labute approximate surface area is 85.9 Å². The summed E-state index contributed by atoms with van der Waals surface area (Å²) in [4.78, 5) is 20.2. The van der Waals surface area contributed by atoms with E-state index in [9.17, 15) is 10.1 Å². The molecule has 80 valence electrons. The van der Waals surface area contributed by atoms with E-state index in [1.165, 1.54) is 7.11 Å². The molecule has 2 heterocycles. The van der Waals surface area contributed by atoms with Crippen LogP contribution < -0.4 is 0 Å². The van der Waals surface area contributed by atoms with Crippen molar-refractivity contribution in [1.82, 2.24) is 4.90 Å². The summed E-state index contributed by atoms with van der Waals surface area (Å²) >= 11 is 0. The predicted molar refractivity (Wildman–Crippen MR) is 53.1 cm³/mol. The lowest BCUT2D eigenvalue weighted by molar-refractivity contribution is -0.419. The number of nitro groups is 1. The van der Waals surface area contributed by atoms with Gasteiger partial charge in [-0.1, -0.05) is 0 Å². The van der Waals surface area contributed by atoms with Crippen LogP contribution in [0.2, 0.25) is 0 Å². The third-order valence-corrected chi connectivity index (χ3v) is 2.29. The first kappa shape index (κ1) is 9.63. The molecule has 0 spiro atoms. The molecule has 15 heavy (non-hydrogen) atoms. The van der Waals surface area contributed by atoms with Crippen molar-refractivity contribution in [2.24, 2.45) is 9.98 Å². The van der Waals surface area contributed by atoms with Gasteiger partial charge in [0.15, 0.2) is 0 Å². The minimum absolute atomic E-state index is 0.0226. The molecule has 0 aromatic rings. The molecule has 0 bridgehead atoms. The highest BCUT2D eigenvalue weighted by molar-refractivity contribution is 6.10. The first-order valence-electron chi connectivity index (χ1n) is 4.45. The summed E-state index contributed by atoms with van der Waals surface area (Å²) in [7, 11) is 1.36. The number of ether oxygens (including phenoxy) is 1. The second-order valence-electron chi connectivity index (χ2n) is 3.13. The average molecular weight is 210 g/mol. The number of aliphatic imine (C=N–C) groups is 2. The van der Waals surface area contributed by atoms with Crippen LogP contribution in [0.25, 0.3) is 0 Å². The molecule has 0 aliphatic carbocycles. The van der Waals surface area contributed by atoms with E-state index < -0.39 is 4.92 Å². The van der Waals surface area contributed by atoms with E-state index in [1.807, 2.05) is 0 Å². The van der Waals surface area contributed by atoms with Gasteiger partial charge in [0, 0.05) is 6.54 Å². The van der Waals surface area contributed by atoms with Gasteiger partial charge in [-0.05, 0) is 6.92 Å². The Morgan fingerprint density at radius 2 is 2.33 bits per heavy atom. The normalized spacial score (nSPS) is 19.7. The monoisotopic (exact) mass is 210 g/mol. The molecule has 0 saturated carbocycles. The second kappa shape index (κ2) is 3.34. The number of amidine groups is 2. The predicted octanol–water partition coefficient (Wildman–Crippen LogP) is 0.225. The van der Waals surface area contributed by atoms with Crippen LogP contribution in [-0.4, -0.2) is 41.7 Å². The molecule has 7 nitrogen and oxygen atoms in total. The zero-order valence-corrected chi connectivity index (χ0v) is 8.43. The summed E-state index contributed by atoms with van der Waals surface area (Å²) in [6, 6.07) is 0. The molecular formula is C8H10N4O3. The maximum Gasteiger partial charge on any atom is 0.372 e. The molecule has 0 radical (unpaired) electrons. The molecule has 2 aliphatic heterocycles. The Bertz CT molecular complexity index is 410. The Balaban J connectivity index is 2.55. The fourth-order valence-corrected chi connectivity index (χ4v) is 1.62. The van der Waals surface area contributed by atoms with Crippen LogP contribution in [0.1, 0.15) is 6.92 Å². The van der Waals surface area contributed by atoms with Crippen molar-refractivity contribution in [2.75, 3.05) is 20.2 Å². The van der Waals surface area contributed by atoms with E-state index in [0.717, 1.165) is 0 Å². The fourth-order valence-electron chi connectivity index (χ4n) is 1.62. The average Bonchev–Trinajstić information content (AvgIpc) is 2.65. The molecule has 2 rings (SSSR count). The Morgan fingerprint density at radius 1 is 1.60 bits per heavy atom. The van der Waals surface area contributed by atoms with Gasteiger partial charge in [0.2, 0.25) is 5.84 Å². The first-order valence-corrected chi connectivity index (χ1v) is 4.45. The summed E-state index contributed by atoms with van der Waals surface area (Å²) in [6.07, 6.45) is 0. The molecule has 0 amide bonds. The quantitative estimate of drug-likeness (QED) is 0.482. The zero-order valence-electron chi connectivity index (χ0n) is 8.43. The lowest BCUT2D eigenvalue weighted by atomic mass is 10.3. The minimum Gasteiger partial charge on any atom is -0.476 e. The lowest BCUT2D eigenvalue weighted by Crippen LogP contribution is -2.38. The van der Waals surface area contributed by atoms with Crippen LogP contribution in [0.3, 0.4) is 0 Å². The SMILES string of the molecule is COC1=C([N+](=O)[O-])C2=NCCN2C(C)=N1. The van der Waals surface area contributed by atoms with E-state index >= 15 is 0 Å². The van der Waals surface area contributed by atoms with Gasteiger partial charge in [0.05, 0.1) is 18.6 Å². The van der Waals surface area contributed by atoms with Crippen LogP contribution in [0, 0.1) is 10.1 Å². The summed E-state index contributed by atoms with van der Waals surface area (Å²) < 4.78 is 4.89. The first-order chi connectivity index (χ1) is 7.15. The Kier molecular flexibility index (Phi) is 2.14. The van der Waals surface area contributed by atoms with Gasteiger partial charge in [-0.15, -0.1) is 0 Å². The van der Waals surface area contributed by atoms with Gasteiger partial charge in [0.25, 0.3) is 5.88 Å². The lowest BCUT2D eigenvalue weighted by Gasteiger charge is -2.22. The Morgan fingerprint density at radius 3 is 2.93 bits per heavy atom. The zero-order chi connectivity index (χ0) is 11.0. The molecule has 7 heteroatoms. The van der Waals surface area contributed by atoms with Crippen LogP contribution in [-0.2, 0) is 4.74 Å². The topological polar surface area (TPSA) is 80.3 Å². The Hall–Kier alpha value is -1.92. The van der Waals surface area contributed by atoms with Crippen LogP contribution in [0.5, 0.6) is 0 Å². The van der Waals surface area contributed by atoms with Gasteiger partial charge in [-0.2, -0.15) is 4.99 Å². The van der Waals surface area contributed by atoms with Crippen molar-refractivity contribution in [3.63, 3.8) is 0 Å². The molecule has 0 saturated heterocycles. The molecule has 2 aliphatic rings. The number of fused-ring (bicyclic) bond motifs is 1. The number of nitrogens with zero attached hydrogens (tertiary/aromatic N) is 4. The van der Waals surface area contributed by atoms with Gasteiger partial charge in [0.1, 0.15) is 5.84 Å². The van der Waals surface area contributed by atoms with E-state index in [0.29, 0.717) is 24.8 Å². The highest BCUT2D eigenvalue weighted by Gasteiger charge is 2.38. The fraction of sp³-hybridized carbons (Fsp3) is 0.500. The van der Waals surface area contributed by atoms with Gasteiger partial charge < -0.3 is 9.64 Å². The molecule has 0 aromatic heterocycles. The summed E-state index contributed by atoms with van der Waals surface area (Å²) in [5.74, 6) is 1.05. The smallest absolute Gasteiger partial charge is 0.372 e. The van der Waals surface area contributed by atoms with Crippen molar-refractivity contribution in [2.45, 2.75) is 6.92 Å². The van der Waals surface area contributed by atoms with Crippen molar-refractivity contribution in [1.29, 1.82) is 0 Å². The molecule has 0 unspecified atom stereocenters. The summed E-state index contributed by atoms with van der Waals surface area (Å²) in [6.45, 7) is 2.96. The van der Waals surface area contributed by atoms with Gasteiger partial charge >= 0.3 is 5.70 Å². The van der Waals surface area contributed by atoms with E-state index in [2.05, 4.69) is 9.98 Å². The third kappa shape index (κ3) is 1.36. The summed E-state index contributed by atoms with van der Waals surface area (Å²) in [5.41, 5.74) is -0.152. The second-order valence-corrected chi connectivity index (χ2v) is 3.13. The largest absolute Gasteiger partial charge is 0.476 e. The van der Waals surface area contributed by atoms with Gasteiger partial charge in [-0.25, -0.2) is 0 Å². The highest BCUT2D eigenvalue weighted by atomic mass is 16.6. The van der Waals surface area contributed by atoms with E-state index in [-0.39, 0.29) is 11.6 Å². The molecule has 0 fully saturated rings. The third-order valence-electron chi connectivity index (χ3n) is 2.29. The van der Waals surface area contributed by atoms with Gasteiger partial charge in [-0.3, -0.25) is 15.1 Å². The molecule has 0 N–H and O–H groups in total. The van der Waals surface area contributed by atoms with Crippen LogP contribution >= 0.6 is 0 Å². The standard InChI is InChI=1S/C8H10N4O3/c1-5-10-8(15-2)6(12(13)14)7-9-3-4-11(5)7/h3-4H2,1-2H3. The number of hydrogen-bond acceptors (Lipinski definition) is 6. The summed E-state index contributed by atoms with van der Waals surface area (Å²) in [5, 5.41) is 10.9. The highest BCUT2D eigenvalue weighted by Crippen LogP contribution is 2.22. The maximum atomic E-state index is 10.9. The molecule has 0 atom stereocenters. The molecule has 0 aromatic carbocycles. The van der Waals surface area contributed by atoms with Crippen molar-refractivity contribution < 1.29 is 9.66 Å². The molecular weight excluding hydrogens is 200 g/mol. The minimum atomic E-state index is -0.508. The van der Waals surface area contributed by atoms with Crippen LogP contribution in [0.15, 0.2) is 21.6 Å². The number of hydrogen-bond donors (Lipinski definition) is 0.